The van der Waals surface area contributed by atoms with Crippen molar-refractivity contribution in [3.05, 3.63) is 113 Å². The first-order valence-electron chi connectivity index (χ1n) is 10.5. The summed E-state index contributed by atoms with van der Waals surface area (Å²) in [5.74, 6) is 0. The number of aryl methyl sites for hydroxylation is 4. The van der Waals surface area contributed by atoms with E-state index in [1.165, 1.54) is 43.0 Å². The molecule has 0 aliphatic carbocycles. The first kappa shape index (κ1) is 31.8. The fourth-order valence-corrected chi connectivity index (χ4v) is 10.1. The van der Waals surface area contributed by atoms with Crippen LogP contribution in [0.3, 0.4) is 0 Å². The van der Waals surface area contributed by atoms with Gasteiger partial charge in [-0.1, -0.05) is 118 Å². The normalized spacial score (nSPS) is 10.2. The molecule has 0 saturated heterocycles. The summed E-state index contributed by atoms with van der Waals surface area (Å²) in [5.41, 5.74) is 5.44. The molecule has 0 aliphatic heterocycles. The van der Waals surface area contributed by atoms with Gasteiger partial charge in [0.1, 0.15) is 8.07 Å². The van der Waals surface area contributed by atoms with Crippen LogP contribution in [0.2, 0.25) is 0 Å². The van der Waals surface area contributed by atoms with Crippen molar-refractivity contribution in [1.82, 2.24) is 0 Å². The van der Waals surface area contributed by atoms with Crippen LogP contribution in [0.1, 0.15) is 29.2 Å². The van der Waals surface area contributed by atoms with Crippen LogP contribution in [0.4, 0.5) is 0 Å². The fourth-order valence-electron chi connectivity index (χ4n) is 4.73. The summed E-state index contributed by atoms with van der Waals surface area (Å²) in [6, 6.07) is 34.6. The average molecular weight is 548 g/mol. The van der Waals surface area contributed by atoms with Crippen LogP contribution in [0, 0.1) is 20.8 Å². The minimum absolute atomic E-state index is 0. The van der Waals surface area contributed by atoms with Gasteiger partial charge in [0.2, 0.25) is 0 Å². The van der Waals surface area contributed by atoms with E-state index in [4.69, 9.17) is 0 Å². The van der Waals surface area contributed by atoms with E-state index >= 15 is 0 Å². The van der Waals surface area contributed by atoms with Crippen LogP contribution in [0.5, 0.6) is 0 Å². The summed E-state index contributed by atoms with van der Waals surface area (Å²) in [6.45, 7) is 8.91. The molecule has 0 unspecified atom stereocenters. The zero-order valence-electron chi connectivity index (χ0n) is 19.5. The molecule has 0 bridgehead atoms. The van der Waals surface area contributed by atoms with E-state index in [0.29, 0.717) is 0 Å². The van der Waals surface area contributed by atoms with Gasteiger partial charge in [-0.05, 0) is 20.8 Å². The van der Waals surface area contributed by atoms with E-state index in [2.05, 4.69) is 119 Å². The van der Waals surface area contributed by atoms with Gasteiger partial charge in [0.25, 0.3) is 0 Å². The molecule has 0 N–H and O–H groups in total. The maximum atomic E-state index is 2.42. The average Bonchev–Trinajstić information content (AvgIpc) is 3.18. The van der Waals surface area contributed by atoms with Crippen molar-refractivity contribution in [3.63, 3.8) is 0 Å². The van der Waals surface area contributed by atoms with Crippen LogP contribution in [0.25, 0.3) is 0 Å². The molecule has 0 fully saturated rings. The molecule has 0 aromatic heterocycles. The quantitative estimate of drug-likeness (QED) is 0.134. The standard InChI is InChI=1S/C28H29Si.3ClH.Ti/c1-5-24-13-9-17-28(24)29(25-14-6-10-21(2)18-25,26-15-7-11-22(3)19-26)27-16-8-12-23(4)20-27;;;;/h6-20H,5H2,1-4H3;3*1H;/q-1;;;;+4/p-3. The molecule has 4 aromatic carbocycles. The molecule has 0 saturated carbocycles. The van der Waals surface area contributed by atoms with Crippen molar-refractivity contribution in [3.8, 4) is 0 Å². The SMILES string of the molecule is CCc1ccc[c-]1[Si](c1cccc(C)c1)(c1cccc(C)c1)c1cccc(C)c1.[Cl-].[Cl-].[Cl-].[Ti+4]. The fraction of sp³-hybridized carbons (Fsp3) is 0.179. The summed E-state index contributed by atoms with van der Waals surface area (Å²) in [4.78, 5) is 0. The second-order valence-electron chi connectivity index (χ2n) is 8.18. The largest absolute Gasteiger partial charge is 4.00 e. The predicted octanol–water partition coefficient (Wildman–Crippen LogP) is -4.72. The van der Waals surface area contributed by atoms with Gasteiger partial charge >= 0.3 is 21.7 Å². The van der Waals surface area contributed by atoms with Crippen molar-refractivity contribution >= 4 is 28.8 Å². The Morgan fingerprint density at radius 2 is 1.00 bits per heavy atom. The Kier molecular flexibility index (Phi) is 13.1. The molecule has 0 aliphatic rings. The minimum atomic E-state index is -2.41. The smallest absolute Gasteiger partial charge is 1.00 e. The van der Waals surface area contributed by atoms with E-state index in [0.717, 1.165) is 6.42 Å². The first-order chi connectivity index (χ1) is 14.1. The molecule has 0 amide bonds. The summed E-state index contributed by atoms with van der Waals surface area (Å²) in [5, 5.41) is 5.93. The van der Waals surface area contributed by atoms with E-state index in [-0.39, 0.29) is 58.9 Å². The van der Waals surface area contributed by atoms with Gasteiger partial charge in [-0.2, -0.15) is 11.6 Å². The van der Waals surface area contributed by atoms with Gasteiger partial charge < -0.3 is 37.2 Å². The zero-order chi connectivity index (χ0) is 20.4. The second kappa shape index (κ2) is 13.6. The van der Waals surface area contributed by atoms with Crippen LogP contribution in [-0.4, -0.2) is 8.07 Å². The number of benzene rings is 3. The van der Waals surface area contributed by atoms with Crippen molar-refractivity contribution < 1.29 is 58.9 Å². The van der Waals surface area contributed by atoms with Crippen molar-refractivity contribution in [2.24, 2.45) is 0 Å². The van der Waals surface area contributed by atoms with E-state index in [1.54, 1.807) is 0 Å². The third-order valence-electron chi connectivity index (χ3n) is 6.04. The third-order valence-corrected chi connectivity index (χ3v) is 10.9. The molecule has 0 nitrogen and oxygen atoms in total. The van der Waals surface area contributed by atoms with Gasteiger partial charge in [0.05, 0.1) is 0 Å². The molecule has 170 valence electrons. The Labute approximate surface area is 233 Å². The first-order valence-corrected chi connectivity index (χ1v) is 12.5. The second-order valence-corrected chi connectivity index (χ2v) is 11.9. The predicted molar refractivity (Wildman–Crippen MR) is 129 cm³/mol. The molecule has 4 rings (SSSR count). The molecule has 0 atom stereocenters. The van der Waals surface area contributed by atoms with Crippen molar-refractivity contribution in [1.29, 1.82) is 0 Å². The number of halogens is 3. The topological polar surface area (TPSA) is 0 Å². The molecule has 4 aromatic rings. The van der Waals surface area contributed by atoms with Crippen LogP contribution >= 0.6 is 0 Å². The summed E-state index contributed by atoms with van der Waals surface area (Å²) < 4.78 is 0. The van der Waals surface area contributed by atoms with E-state index in [1.807, 2.05) is 0 Å². The van der Waals surface area contributed by atoms with Gasteiger partial charge in [0.15, 0.2) is 0 Å². The minimum Gasteiger partial charge on any atom is -1.00 e. The van der Waals surface area contributed by atoms with E-state index in [9.17, 15) is 0 Å². The van der Waals surface area contributed by atoms with Gasteiger partial charge in [-0.15, -0.1) is 5.19 Å². The number of hydrogen-bond donors (Lipinski definition) is 0. The zero-order valence-corrected chi connectivity index (χ0v) is 24.3. The van der Waals surface area contributed by atoms with Gasteiger partial charge in [-0.25, -0.2) is 12.1 Å². The van der Waals surface area contributed by atoms with Crippen LogP contribution < -0.4 is 58.0 Å². The van der Waals surface area contributed by atoms with E-state index < -0.39 is 8.07 Å². The number of rotatable bonds is 5. The molecule has 33 heavy (non-hydrogen) atoms. The Hall–Kier alpha value is -1.19. The van der Waals surface area contributed by atoms with Crippen LogP contribution in [0.15, 0.2) is 91.0 Å². The van der Waals surface area contributed by atoms with Crippen molar-refractivity contribution in [2.45, 2.75) is 34.1 Å². The summed E-state index contributed by atoms with van der Waals surface area (Å²) in [6.07, 6.45) is 1.06. The Morgan fingerprint density at radius 3 is 1.33 bits per heavy atom. The maximum absolute atomic E-state index is 2.42. The van der Waals surface area contributed by atoms with Gasteiger partial charge in [0, 0.05) is 0 Å². The molecular formula is C28H29Cl3SiTi. The molecule has 0 radical (unpaired) electrons. The summed E-state index contributed by atoms with van der Waals surface area (Å²) in [7, 11) is -2.41. The Balaban J connectivity index is 0.00000256. The third kappa shape index (κ3) is 6.09. The summed E-state index contributed by atoms with van der Waals surface area (Å²) >= 11 is 0. The molecular weight excluding hydrogens is 519 g/mol. The Bertz CT molecular complexity index is 1040. The van der Waals surface area contributed by atoms with Gasteiger partial charge in [-0.3, -0.25) is 0 Å². The van der Waals surface area contributed by atoms with Crippen LogP contribution in [-0.2, 0) is 28.1 Å². The van der Waals surface area contributed by atoms with Crippen molar-refractivity contribution in [2.75, 3.05) is 0 Å². The Morgan fingerprint density at radius 1 is 0.606 bits per heavy atom. The monoisotopic (exact) mass is 546 g/mol. The molecule has 0 spiro atoms. The molecule has 5 heteroatoms. The maximum Gasteiger partial charge on any atom is 4.00 e. The number of hydrogen-bond acceptors (Lipinski definition) is 0. The molecule has 0 heterocycles.